The molecule has 2 heterocycles. The van der Waals surface area contributed by atoms with Crippen LogP contribution in [0.2, 0.25) is 0 Å². The molecule has 2 saturated heterocycles. The minimum absolute atomic E-state index is 0. The van der Waals surface area contributed by atoms with Crippen molar-refractivity contribution in [2.45, 2.75) is 30.8 Å². The molecule has 1 aromatic carbocycles. The van der Waals surface area contributed by atoms with Crippen LogP contribution in [0.3, 0.4) is 0 Å². The Labute approximate surface area is 138 Å². The summed E-state index contributed by atoms with van der Waals surface area (Å²) in [6.07, 6.45) is -0.314. The van der Waals surface area contributed by atoms with Crippen molar-refractivity contribution in [3.63, 3.8) is 0 Å². The van der Waals surface area contributed by atoms with Gasteiger partial charge in [0.1, 0.15) is 0 Å². The zero-order valence-electron chi connectivity index (χ0n) is 12.3. The molecule has 2 amide bonds. The average Bonchev–Trinajstić information content (AvgIpc) is 3.02. The Hall–Kier alpha value is -1.73. The molecule has 2 N–H and O–H groups in total. The van der Waals surface area contributed by atoms with Gasteiger partial charge in [-0.1, -0.05) is 18.2 Å². The van der Waals surface area contributed by atoms with Crippen molar-refractivity contribution in [3.05, 3.63) is 30.3 Å². The quantitative estimate of drug-likeness (QED) is 0.868. The van der Waals surface area contributed by atoms with Crippen molar-refractivity contribution < 1.29 is 18.4 Å². The molecule has 0 bridgehead atoms. The number of nitrogens with zero attached hydrogens (tertiary/aromatic N) is 1. The molecule has 0 aliphatic carbocycles. The summed E-state index contributed by atoms with van der Waals surface area (Å²) in [7, 11) is 0. The summed E-state index contributed by atoms with van der Waals surface area (Å²) in [5.74, 6) is -3.39. The number of hydrogen-bond acceptors (Lipinski definition) is 3. The van der Waals surface area contributed by atoms with Crippen LogP contribution in [0.15, 0.2) is 30.3 Å². The summed E-state index contributed by atoms with van der Waals surface area (Å²) in [5.41, 5.74) is 0.773. The van der Waals surface area contributed by atoms with Crippen molar-refractivity contribution in [2.75, 3.05) is 18.0 Å². The summed E-state index contributed by atoms with van der Waals surface area (Å²) in [6, 6.07) is 7.92. The fraction of sp³-hybridized carbons (Fsp3) is 0.467. The molecule has 2 fully saturated rings. The zero-order valence-corrected chi connectivity index (χ0v) is 13.1. The fourth-order valence-electron chi connectivity index (χ4n) is 2.86. The Kier molecular flexibility index (Phi) is 5.21. The number of para-hydroxylation sites is 1. The number of rotatable bonds is 3. The number of hydrogen-bond donors (Lipinski definition) is 2. The molecule has 0 spiro atoms. The fourth-order valence-corrected chi connectivity index (χ4v) is 2.86. The predicted octanol–water partition coefficient (Wildman–Crippen LogP) is 1.33. The second kappa shape index (κ2) is 6.80. The lowest BCUT2D eigenvalue weighted by atomic mass is 10.1. The molecule has 1 aromatic rings. The van der Waals surface area contributed by atoms with Gasteiger partial charge in [0, 0.05) is 25.1 Å². The highest BCUT2D eigenvalue weighted by Crippen LogP contribution is 2.26. The Morgan fingerprint density at radius 2 is 2.00 bits per heavy atom. The lowest BCUT2D eigenvalue weighted by Gasteiger charge is -2.18. The van der Waals surface area contributed by atoms with E-state index in [0.717, 1.165) is 5.69 Å². The summed E-state index contributed by atoms with van der Waals surface area (Å²) < 4.78 is 26.2. The van der Waals surface area contributed by atoms with Crippen molar-refractivity contribution in [1.82, 2.24) is 10.6 Å². The SMILES string of the molecule is Cl.O=C(NC1CC(=O)N(c2ccccc2)C1)C1CC(F)(F)CN1. The van der Waals surface area contributed by atoms with Gasteiger partial charge >= 0.3 is 0 Å². The van der Waals surface area contributed by atoms with Crippen LogP contribution in [-0.2, 0) is 9.59 Å². The topological polar surface area (TPSA) is 61.4 Å². The lowest BCUT2D eigenvalue weighted by molar-refractivity contribution is -0.124. The summed E-state index contributed by atoms with van der Waals surface area (Å²) in [6.45, 7) is -0.122. The van der Waals surface area contributed by atoms with Gasteiger partial charge in [-0.2, -0.15) is 0 Å². The van der Waals surface area contributed by atoms with Gasteiger partial charge in [0.25, 0.3) is 5.92 Å². The maximum absolute atomic E-state index is 13.1. The monoisotopic (exact) mass is 345 g/mol. The molecule has 2 aliphatic heterocycles. The summed E-state index contributed by atoms with van der Waals surface area (Å²) >= 11 is 0. The van der Waals surface area contributed by atoms with Crippen LogP contribution in [0.4, 0.5) is 14.5 Å². The lowest BCUT2D eigenvalue weighted by Crippen LogP contribution is -2.46. The van der Waals surface area contributed by atoms with Crippen LogP contribution in [0, 0.1) is 0 Å². The minimum Gasteiger partial charge on any atom is -0.350 e. The van der Waals surface area contributed by atoms with Gasteiger partial charge in [-0.25, -0.2) is 8.78 Å². The molecule has 0 saturated carbocycles. The van der Waals surface area contributed by atoms with E-state index in [0.29, 0.717) is 6.54 Å². The highest BCUT2D eigenvalue weighted by Gasteiger charge is 2.43. The molecule has 3 rings (SSSR count). The highest BCUT2D eigenvalue weighted by molar-refractivity contribution is 5.97. The Morgan fingerprint density at radius 3 is 2.61 bits per heavy atom. The van der Waals surface area contributed by atoms with E-state index >= 15 is 0 Å². The third kappa shape index (κ3) is 3.97. The van der Waals surface area contributed by atoms with Gasteiger partial charge in [-0.05, 0) is 12.1 Å². The third-order valence-corrected chi connectivity index (χ3v) is 3.97. The van der Waals surface area contributed by atoms with Crippen LogP contribution in [-0.4, -0.2) is 42.9 Å². The third-order valence-electron chi connectivity index (χ3n) is 3.97. The second-order valence-corrected chi connectivity index (χ2v) is 5.74. The van der Waals surface area contributed by atoms with Gasteiger partial charge in [0.15, 0.2) is 0 Å². The first kappa shape index (κ1) is 17.6. The van der Waals surface area contributed by atoms with Gasteiger partial charge in [-0.3, -0.25) is 14.9 Å². The number of benzene rings is 1. The maximum atomic E-state index is 13.1. The number of anilines is 1. The van der Waals surface area contributed by atoms with Crippen LogP contribution in [0.1, 0.15) is 12.8 Å². The van der Waals surface area contributed by atoms with Gasteiger partial charge in [-0.15, -0.1) is 12.4 Å². The Morgan fingerprint density at radius 1 is 1.30 bits per heavy atom. The van der Waals surface area contributed by atoms with E-state index in [1.807, 2.05) is 30.3 Å². The number of alkyl halides is 2. The number of nitrogens with one attached hydrogen (secondary N) is 2. The average molecular weight is 346 g/mol. The second-order valence-electron chi connectivity index (χ2n) is 5.74. The van der Waals surface area contributed by atoms with Crippen molar-refractivity contribution >= 4 is 29.9 Å². The van der Waals surface area contributed by atoms with Gasteiger partial charge < -0.3 is 10.2 Å². The number of carbonyl (C=O) groups is 2. The van der Waals surface area contributed by atoms with Gasteiger partial charge in [0.2, 0.25) is 11.8 Å². The Balaban J connectivity index is 0.00000192. The smallest absolute Gasteiger partial charge is 0.262 e. The molecule has 2 unspecified atom stereocenters. The summed E-state index contributed by atoms with van der Waals surface area (Å²) in [4.78, 5) is 25.6. The molecule has 2 aliphatic rings. The molecule has 8 heteroatoms. The van der Waals surface area contributed by atoms with Crippen LogP contribution >= 0.6 is 12.4 Å². The largest absolute Gasteiger partial charge is 0.350 e. The van der Waals surface area contributed by atoms with Crippen LogP contribution in [0.25, 0.3) is 0 Å². The van der Waals surface area contributed by atoms with E-state index in [1.54, 1.807) is 4.90 Å². The molecule has 23 heavy (non-hydrogen) atoms. The van der Waals surface area contributed by atoms with E-state index in [-0.39, 0.29) is 30.8 Å². The number of carbonyl (C=O) groups excluding carboxylic acids is 2. The van der Waals surface area contributed by atoms with Crippen molar-refractivity contribution in [1.29, 1.82) is 0 Å². The normalized spacial score (nSPS) is 26.0. The van der Waals surface area contributed by atoms with E-state index in [4.69, 9.17) is 0 Å². The maximum Gasteiger partial charge on any atom is 0.262 e. The summed E-state index contributed by atoms with van der Waals surface area (Å²) in [5, 5.41) is 5.21. The molecular weight excluding hydrogens is 328 g/mol. The molecule has 126 valence electrons. The molecular formula is C15H18ClF2N3O2. The Bertz CT molecular complexity index is 585. The van der Waals surface area contributed by atoms with Crippen molar-refractivity contribution in [2.24, 2.45) is 0 Å². The highest BCUT2D eigenvalue weighted by atomic mass is 35.5. The van der Waals surface area contributed by atoms with E-state index in [2.05, 4.69) is 10.6 Å². The van der Waals surface area contributed by atoms with E-state index < -0.39 is 30.8 Å². The van der Waals surface area contributed by atoms with Gasteiger partial charge in [0.05, 0.1) is 18.6 Å². The standard InChI is InChI=1S/C15H17F2N3O2.ClH/c16-15(17)7-12(18-9-15)14(22)19-10-6-13(21)20(8-10)11-4-2-1-3-5-11;/h1-5,10,12,18H,6-9H2,(H,19,22);1H. The first-order valence-corrected chi connectivity index (χ1v) is 7.22. The molecule has 0 radical (unpaired) electrons. The first-order valence-electron chi connectivity index (χ1n) is 7.22. The molecule has 5 nitrogen and oxygen atoms in total. The first-order chi connectivity index (χ1) is 10.4. The van der Waals surface area contributed by atoms with E-state index in [1.165, 1.54) is 0 Å². The predicted molar refractivity (Wildman–Crippen MR) is 83.9 cm³/mol. The molecule has 0 aromatic heterocycles. The van der Waals surface area contributed by atoms with Crippen molar-refractivity contribution in [3.8, 4) is 0 Å². The van der Waals surface area contributed by atoms with E-state index in [9.17, 15) is 18.4 Å². The molecule has 2 atom stereocenters. The van der Waals surface area contributed by atoms with Crippen LogP contribution in [0.5, 0.6) is 0 Å². The number of halogens is 3. The minimum atomic E-state index is -2.84. The zero-order chi connectivity index (χ0) is 15.7. The number of amides is 2. The van der Waals surface area contributed by atoms with Crippen LogP contribution < -0.4 is 15.5 Å².